The van der Waals surface area contributed by atoms with Gasteiger partial charge in [0.1, 0.15) is 0 Å². The summed E-state index contributed by atoms with van der Waals surface area (Å²) in [6.07, 6.45) is 3.16. The lowest BCUT2D eigenvalue weighted by Crippen LogP contribution is -2.45. The lowest BCUT2D eigenvalue weighted by molar-refractivity contribution is 0.0570. The van der Waals surface area contributed by atoms with Gasteiger partial charge in [0.25, 0.3) is 0 Å². The van der Waals surface area contributed by atoms with Gasteiger partial charge in [-0.15, -0.1) is 0 Å². The van der Waals surface area contributed by atoms with E-state index in [0.29, 0.717) is 31.1 Å². The molecule has 0 aromatic heterocycles. The molecule has 1 aliphatic carbocycles. The van der Waals surface area contributed by atoms with Gasteiger partial charge in [0, 0.05) is 23.6 Å². The monoisotopic (exact) mass is 329 g/mol. The normalized spacial score (nSPS) is 26.7. The summed E-state index contributed by atoms with van der Waals surface area (Å²) in [5.41, 5.74) is 1.06. The van der Waals surface area contributed by atoms with E-state index in [1.54, 1.807) is 0 Å². The summed E-state index contributed by atoms with van der Waals surface area (Å²) in [6.45, 7) is 1.01. The van der Waals surface area contributed by atoms with E-state index in [0.717, 1.165) is 18.4 Å². The summed E-state index contributed by atoms with van der Waals surface area (Å²) < 4.78 is 33.3. The number of hydrogen-bond donors (Lipinski definition) is 1. The molecule has 1 aromatic rings. The van der Waals surface area contributed by atoms with Crippen molar-refractivity contribution in [1.82, 2.24) is 4.72 Å². The van der Waals surface area contributed by atoms with Crippen molar-refractivity contribution in [2.24, 2.45) is 5.92 Å². The molecule has 0 radical (unpaired) electrons. The van der Waals surface area contributed by atoms with Crippen molar-refractivity contribution < 1.29 is 13.2 Å². The number of ether oxygens (including phenoxy) is 1. The maximum Gasteiger partial charge on any atom is 0.215 e. The first kappa shape index (κ1) is 15.3. The smallest absolute Gasteiger partial charge is 0.215 e. The minimum absolute atomic E-state index is 0.0199. The second-order valence-corrected chi connectivity index (χ2v) is 8.30. The van der Waals surface area contributed by atoms with E-state index in [-0.39, 0.29) is 17.2 Å². The molecule has 1 aromatic carbocycles. The van der Waals surface area contributed by atoms with Crippen molar-refractivity contribution in [3.8, 4) is 0 Å². The molecule has 116 valence electrons. The minimum Gasteiger partial charge on any atom is -0.381 e. The van der Waals surface area contributed by atoms with Crippen LogP contribution in [0.4, 0.5) is 0 Å². The molecule has 0 amide bonds. The van der Waals surface area contributed by atoms with Crippen molar-refractivity contribution in [3.63, 3.8) is 0 Å². The molecular weight excluding hydrogens is 310 g/mol. The quantitative estimate of drug-likeness (QED) is 0.902. The molecule has 2 fully saturated rings. The van der Waals surface area contributed by atoms with Gasteiger partial charge in [0.15, 0.2) is 0 Å². The molecule has 1 aliphatic heterocycles. The molecule has 6 heteroatoms. The van der Waals surface area contributed by atoms with E-state index in [4.69, 9.17) is 16.3 Å². The van der Waals surface area contributed by atoms with Crippen LogP contribution in [0.25, 0.3) is 0 Å². The average molecular weight is 330 g/mol. The summed E-state index contributed by atoms with van der Waals surface area (Å²) in [5, 5.41) is 0.311. The van der Waals surface area contributed by atoms with Crippen molar-refractivity contribution >= 4 is 21.6 Å². The molecule has 3 rings (SSSR count). The Morgan fingerprint density at radius 3 is 2.81 bits per heavy atom. The van der Waals surface area contributed by atoms with Gasteiger partial charge < -0.3 is 4.74 Å². The number of halogens is 1. The van der Waals surface area contributed by atoms with E-state index in [2.05, 4.69) is 4.72 Å². The van der Waals surface area contributed by atoms with Gasteiger partial charge in [-0.3, -0.25) is 0 Å². The van der Waals surface area contributed by atoms with E-state index >= 15 is 0 Å². The van der Waals surface area contributed by atoms with Gasteiger partial charge in [-0.1, -0.05) is 23.7 Å². The standard InChI is InChI=1S/C15H20ClNO3S/c16-13-3-1-2-11(9-13)8-12-10-20-7-6-15(12)21(18,19)17-14-4-5-14/h1-3,9,12,14-15,17H,4-8,10H2/t12-,15+/m1/s1. The SMILES string of the molecule is O=S(=O)(NC1CC1)[C@H]1CCOC[C@H]1Cc1cccc(Cl)c1. The Morgan fingerprint density at radius 2 is 2.10 bits per heavy atom. The van der Waals surface area contributed by atoms with Gasteiger partial charge >= 0.3 is 0 Å². The zero-order valence-corrected chi connectivity index (χ0v) is 13.4. The van der Waals surface area contributed by atoms with Crippen LogP contribution in [0.15, 0.2) is 24.3 Å². The third-order valence-corrected chi connectivity index (χ3v) is 6.41. The Kier molecular flexibility index (Phi) is 4.54. The van der Waals surface area contributed by atoms with Gasteiger partial charge in [0.2, 0.25) is 10.0 Å². The molecule has 0 bridgehead atoms. The molecule has 21 heavy (non-hydrogen) atoms. The largest absolute Gasteiger partial charge is 0.381 e. The van der Waals surface area contributed by atoms with Crippen LogP contribution >= 0.6 is 11.6 Å². The summed E-state index contributed by atoms with van der Waals surface area (Å²) >= 11 is 6.00. The predicted octanol–water partition coefficient (Wildman–Crippen LogP) is 2.37. The summed E-state index contributed by atoms with van der Waals surface area (Å²) in [5.74, 6) is -0.0199. The molecule has 0 spiro atoms. The maximum atomic E-state index is 12.5. The van der Waals surface area contributed by atoms with E-state index < -0.39 is 10.0 Å². The summed E-state index contributed by atoms with van der Waals surface area (Å²) in [7, 11) is -3.26. The fraction of sp³-hybridized carbons (Fsp3) is 0.600. The molecule has 1 heterocycles. The average Bonchev–Trinajstić information content (AvgIpc) is 3.22. The molecule has 4 nitrogen and oxygen atoms in total. The highest BCUT2D eigenvalue weighted by molar-refractivity contribution is 7.90. The minimum atomic E-state index is -3.26. The molecule has 1 N–H and O–H groups in total. The van der Waals surface area contributed by atoms with Crippen LogP contribution in [-0.2, 0) is 21.2 Å². The van der Waals surface area contributed by atoms with Crippen LogP contribution < -0.4 is 4.72 Å². The van der Waals surface area contributed by atoms with Crippen LogP contribution in [0.5, 0.6) is 0 Å². The highest BCUT2D eigenvalue weighted by Gasteiger charge is 2.39. The lowest BCUT2D eigenvalue weighted by atomic mass is 9.94. The molecular formula is C15H20ClNO3S. The first-order valence-corrected chi connectivity index (χ1v) is 9.30. The highest BCUT2D eigenvalue weighted by Crippen LogP contribution is 2.28. The fourth-order valence-electron chi connectivity index (χ4n) is 2.86. The topological polar surface area (TPSA) is 55.4 Å². The molecule has 0 unspecified atom stereocenters. The third kappa shape index (κ3) is 3.97. The van der Waals surface area contributed by atoms with Crippen LogP contribution in [0, 0.1) is 5.92 Å². The van der Waals surface area contributed by atoms with E-state index in [1.807, 2.05) is 24.3 Å². The number of nitrogens with one attached hydrogen (secondary N) is 1. The second kappa shape index (κ2) is 6.24. The maximum absolute atomic E-state index is 12.5. The van der Waals surface area contributed by atoms with Gasteiger partial charge in [-0.2, -0.15) is 0 Å². The van der Waals surface area contributed by atoms with Crippen LogP contribution in [0.1, 0.15) is 24.8 Å². The predicted molar refractivity (Wildman–Crippen MR) is 82.9 cm³/mol. The highest BCUT2D eigenvalue weighted by atomic mass is 35.5. The van der Waals surface area contributed by atoms with Crippen molar-refractivity contribution in [2.75, 3.05) is 13.2 Å². The van der Waals surface area contributed by atoms with Gasteiger partial charge in [-0.05, 0) is 43.4 Å². The Labute approximate surface area is 130 Å². The summed E-state index contributed by atoms with van der Waals surface area (Å²) in [6, 6.07) is 7.76. The fourth-order valence-corrected chi connectivity index (χ4v) is 5.04. The number of benzene rings is 1. The van der Waals surface area contributed by atoms with E-state index in [1.165, 1.54) is 0 Å². The van der Waals surface area contributed by atoms with Crippen molar-refractivity contribution in [2.45, 2.75) is 37.0 Å². The Bertz CT molecular complexity index is 601. The zero-order chi connectivity index (χ0) is 14.9. The van der Waals surface area contributed by atoms with Gasteiger partial charge in [0.05, 0.1) is 11.9 Å². The Morgan fingerprint density at radius 1 is 1.29 bits per heavy atom. The number of sulfonamides is 1. The van der Waals surface area contributed by atoms with E-state index in [9.17, 15) is 8.42 Å². The van der Waals surface area contributed by atoms with Crippen molar-refractivity contribution in [3.05, 3.63) is 34.9 Å². The third-order valence-electron chi connectivity index (χ3n) is 4.10. The van der Waals surface area contributed by atoms with Crippen molar-refractivity contribution in [1.29, 1.82) is 0 Å². The molecule has 1 saturated heterocycles. The Balaban J connectivity index is 1.74. The first-order chi connectivity index (χ1) is 10.0. The number of hydrogen-bond acceptors (Lipinski definition) is 3. The molecule has 2 atom stereocenters. The first-order valence-electron chi connectivity index (χ1n) is 7.38. The van der Waals surface area contributed by atoms with Gasteiger partial charge in [-0.25, -0.2) is 13.1 Å². The van der Waals surface area contributed by atoms with Crippen LogP contribution in [-0.4, -0.2) is 32.9 Å². The Hall–Kier alpha value is -0.620. The van der Waals surface area contributed by atoms with Crippen LogP contribution in [0.3, 0.4) is 0 Å². The van der Waals surface area contributed by atoms with Crippen LogP contribution in [0.2, 0.25) is 5.02 Å². The second-order valence-electron chi connectivity index (χ2n) is 5.93. The molecule has 1 saturated carbocycles. The lowest BCUT2D eigenvalue weighted by Gasteiger charge is -2.31. The zero-order valence-electron chi connectivity index (χ0n) is 11.8. The molecule has 2 aliphatic rings. The number of rotatable bonds is 5. The summed E-state index contributed by atoms with van der Waals surface area (Å²) in [4.78, 5) is 0.